The summed E-state index contributed by atoms with van der Waals surface area (Å²) in [6.07, 6.45) is 8.37. The summed E-state index contributed by atoms with van der Waals surface area (Å²) in [5, 5.41) is 12.2. The van der Waals surface area contributed by atoms with Crippen LogP contribution in [0.1, 0.15) is 49.4 Å². The molecule has 3 rings (SSSR count). The van der Waals surface area contributed by atoms with E-state index in [0.29, 0.717) is 37.1 Å². The molecule has 3 heterocycles. The number of aromatic nitrogens is 1. The molecule has 9 heteroatoms. The molecule has 31 heavy (non-hydrogen) atoms. The molecule has 0 radical (unpaired) electrons. The molecule has 1 fully saturated rings. The first kappa shape index (κ1) is 22.3. The lowest BCUT2D eigenvalue weighted by Gasteiger charge is -2.27. The van der Waals surface area contributed by atoms with Gasteiger partial charge in [0.15, 0.2) is 5.78 Å². The number of nitrogens with zero attached hydrogens (tertiary/aromatic N) is 3. The number of aliphatic carboxylic acids is 1. The summed E-state index contributed by atoms with van der Waals surface area (Å²) >= 11 is 0. The summed E-state index contributed by atoms with van der Waals surface area (Å²) in [5.74, 6) is -2.95. The van der Waals surface area contributed by atoms with Gasteiger partial charge in [-0.2, -0.15) is 0 Å². The molecule has 1 saturated heterocycles. The molecule has 1 aromatic heterocycles. The van der Waals surface area contributed by atoms with Gasteiger partial charge in [0.05, 0.1) is 12.0 Å². The van der Waals surface area contributed by atoms with E-state index < -0.39 is 29.9 Å². The Kier molecular flexibility index (Phi) is 7.28. The maximum Gasteiger partial charge on any atom is 0.307 e. The first-order chi connectivity index (χ1) is 14.9. The fourth-order valence-electron chi connectivity index (χ4n) is 3.88. The zero-order valence-corrected chi connectivity index (χ0v) is 17.4. The smallest absolute Gasteiger partial charge is 0.307 e. The van der Waals surface area contributed by atoms with E-state index in [4.69, 9.17) is 0 Å². The van der Waals surface area contributed by atoms with Crippen molar-refractivity contribution in [2.75, 3.05) is 6.54 Å². The Morgan fingerprint density at radius 1 is 1.26 bits per heavy atom. The summed E-state index contributed by atoms with van der Waals surface area (Å²) in [7, 11) is 0. The average Bonchev–Trinajstić information content (AvgIpc) is 3.45. The quantitative estimate of drug-likeness (QED) is 0.617. The number of carbonyl (C=O) groups is 4. The molecule has 0 unspecified atom stereocenters. The van der Waals surface area contributed by atoms with Gasteiger partial charge in [-0.15, -0.1) is 0 Å². The van der Waals surface area contributed by atoms with Gasteiger partial charge in [-0.3, -0.25) is 29.2 Å². The minimum atomic E-state index is -1.05. The molecule has 0 bridgehead atoms. The van der Waals surface area contributed by atoms with Crippen molar-refractivity contribution in [2.24, 2.45) is 10.9 Å². The second-order valence-electron chi connectivity index (χ2n) is 7.77. The SMILES string of the molecule is C[C@@H](NC(=O)c1ccncc1)C(=O)N1CCC[C@H]1C(=O)C[C@@H](CC1=CCC=N1)C(=O)O. The van der Waals surface area contributed by atoms with Crippen LogP contribution in [0.15, 0.2) is 41.3 Å². The number of nitrogens with one attached hydrogen (secondary N) is 1. The molecule has 3 atom stereocenters. The summed E-state index contributed by atoms with van der Waals surface area (Å²) in [4.78, 5) is 59.3. The van der Waals surface area contributed by atoms with Gasteiger partial charge in [-0.1, -0.05) is 6.08 Å². The highest BCUT2D eigenvalue weighted by Crippen LogP contribution is 2.25. The minimum Gasteiger partial charge on any atom is -0.481 e. The van der Waals surface area contributed by atoms with Crippen molar-refractivity contribution in [3.63, 3.8) is 0 Å². The number of aliphatic imine (C=N–C) groups is 1. The number of carbonyl (C=O) groups excluding carboxylic acids is 3. The lowest BCUT2D eigenvalue weighted by molar-refractivity contribution is -0.145. The monoisotopic (exact) mass is 426 g/mol. The molecule has 0 spiro atoms. The highest BCUT2D eigenvalue weighted by molar-refractivity contribution is 5.98. The third kappa shape index (κ3) is 5.62. The van der Waals surface area contributed by atoms with E-state index in [9.17, 15) is 24.3 Å². The van der Waals surface area contributed by atoms with E-state index in [0.717, 1.165) is 0 Å². The highest BCUT2D eigenvalue weighted by Gasteiger charge is 2.37. The van der Waals surface area contributed by atoms with E-state index >= 15 is 0 Å². The van der Waals surface area contributed by atoms with Crippen molar-refractivity contribution in [1.29, 1.82) is 0 Å². The molecule has 2 N–H and O–H groups in total. The number of rotatable bonds is 9. The van der Waals surface area contributed by atoms with Crippen LogP contribution in [-0.4, -0.2) is 63.4 Å². The van der Waals surface area contributed by atoms with Crippen molar-refractivity contribution >= 4 is 29.8 Å². The Bertz CT molecular complexity index is 912. The van der Waals surface area contributed by atoms with Crippen molar-refractivity contribution in [3.05, 3.63) is 41.9 Å². The second kappa shape index (κ2) is 10.1. The summed E-state index contributed by atoms with van der Waals surface area (Å²) in [6, 6.07) is 1.60. The number of hydrogen-bond acceptors (Lipinski definition) is 6. The van der Waals surface area contributed by atoms with E-state index in [2.05, 4.69) is 15.3 Å². The molecular formula is C22H26N4O5. The Hall–Kier alpha value is -3.36. The fraction of sp³-hybridized carbons (Fsp3) is 0.455. The van der Waals surface area contributed by atoms with Crippen molar-refractivity contribution in [1.82, 2.24) is 15.2 Å². The molecule has 2 aliphatic heterocycles. The van der Waals surface area contributed by atoms with Gasteiger partial charge < -0.3 is 15.3 Å². The predicted molar refractivity (Wildman–Crippen MR) is 112 cm³/mol. The van der Waals surface area contributed by atoms with Gasteiger partial charge in [0, 0.05) is 55.7 Å². The first-order valence-electron chi connectivity index (χ1n) is 10.3. The molecule has 0 saturated carbocycles. The Labute approximate surface area is 180 Å². The number of amides is 2. The molecule has 2 aliphatic rings. The number of allylic oxidation sites excluding steroid dienone is 2. The van der Waals surface area contributed by atoms with Crippen molar-refractivity contribution in [3.8, 4) is 0 Å². The normalized spacial score (nSPS) is 19.6. The van der Waals surface area contributed by atoms with Gasteiger partial charge in [-0.05, 0) is 31.9 Å². The van der Waals surface area contributed by atoms with E-state index in [-0.39, 0.29) is 24.5 Å². The summed E-state index contributed by atoms with van der Waals surface area (Å²) in [5.41, 5.74) is 1.06. The maximum absolute atomic E-state index is 12.9. The lowest BCUT2D eigenvalue weighted by atomic mass is 9.93. The number of ketones is 1. The van der Waals surface area contributed by atoms with Crippen molar-refractivity contribution < 1.29 is 24.3 Å². The van der Waals surface area contributed by atoms with Crippen LogP contribution in [0, 0.1) is 5.92 Å². The van der Waals surface area contributed by atoms with Gasteiger partial charge in [-0.25, -0.2) is 0 Å². The molecule has 0 aromatic carbocycles. The highest BCUT2D eigenvalue weighted by atomic mass is 16.4. The molecule has 9 nitrogen and oxygen atoms in total. The fourth-order valence-corrected chi connectivity index (χ4v) is 3.88. The molecule has 0 aliphatic carbocycles. The van der Waals surface area contributed by atoms with Crippen LogP contribution in [-0.2, 0) is 14.4 Å². The van der Waals surface area contributed by atoms with Gasteiger partial charge in [0.2, 0.25) is 5.91 Å². The Balaban J connectivity index is 1.61. The standard InChI is InChI=1S/C22H26N4O5/c1-14(25-20(28)15-6-9-23-10-7-15)21(29)26-11-3-5-18(26)19(27)13-16(22(30)31)12-17-4-2-8-24-17/h4,6-10,14,16,18H,2-3,5,11-13H2,1H3,(H,25,28)(H,30,31)/t14-,16-,18+/m1/s1. The van der Waals surface area contributed by atoms with Gasteiger partial charge in [0.25, 0.3) is 5.91 Å². The summed E-state index contributed by atoms with van der Waals surface area (Å²) in [6.45, 7) is 1.98. The molecular weight excluding hydrogens is 400 g/mol. The van der Waals surface area contributed by atoms with Gasteiger partial charge in [0.1, 0.15) is 6.04 Å². The van der Waals surface area contributed by atoms with E-state index in [1.165, 1.54) is 17.3 Å². The maximum atomic E-state index is 12.9. The third-order valence-electron chi connectivity index (χ3n) is 5.54. The first-order valence-corrected chi connectivity index (χ1v) is 10.3. The topological polar surface area (TPSA) is 129 Å². The third-order valence-corrected chi connectivity index (χ3v) is 5.54. The van der Waals surface area contributed by atoms with Crippen LogP contribution in [0.25, 0.3) is 0 Å². The zero-order chi connectivity index (χ0) is 22.4. The van der Waals surface area contributed by atoms with E-state index in [1.807, 2.05) is 6.08 Å². The van der Waals surface area contributed by atoms with E-state index in [1.54, 1.807) is 25.3 Å². The molecule has 164 valence electrons. The number of likely N-dealkylation sites (tertiary alicyclic amines) is 1. The minimum absolute atomic E-state index is 0.158. The largest absolute Gasteiger partial charge is 0.481 e. The van der Waals surface area contributed by atoms with Crippen LogP contribution in [0.2, 0.25) is 0 Å². The second-order valence-corrected chi connectivity index (χ2v) is 7.77. The van der Waals surface area contributed by atoms with Crippen LogP contribution in [0.5, 0.6) is 0 Å². The Morgan fingerprint density at radius 2 is 2.00 bits per heavy atom. The Morgan fingerprint density at radius 3 is 2.65 bits per heavy atom. The van der Waals surface area contributed by atoms with Crippen LogP contribution >= 0.6 is 0 Å². The number of carboxylic acids is 1. The van der Waals surface area contributed by atoms with Gasteiger partial charge >= 0.3 is 5.97 Å². The molecule has 1 aromatic rings. The van der Waals surface area contributed by atoms with Crippen LogP contribution < -0.4 is 5.32 Å². The van der Waals surface area contributed by atoms with Crippen LogP contribution in [0.4, 0.5) is 0 Å². The number of pyridine rings is 1. The predicted octanol–water partition coefficient (Wildman–Crippen LogP) is 1.60. The number of hydrogen-bond donors (Lipinski definition) is 2. The zero-order valence-electron chi connectivity index (χ0n) is 17.4. The molecule has 2 amide bonds. The summed E-state index contributed by atoms with van der Waals surface area (Å²) < 4.78 is 0. The number of Topliss-reactive ketones (excluding diaryl/α,β-unsaturated/α-hetero) is 1. The number of carboxylic acid groups (broad SMARTS) is 1. The van der Waals surface area contributed by atoms with Crippen molar-refractivity contribution in [2.45, 2.75) is 51.1 Å². The average molecular weight is 426 g/mol. The lowest BCUT2D eigenvalue weighted by Crippen LogP contribution is -2.50. The van der Waals surface area contributed by atoms with Crippen LogP contribution in [0.3, 0.4) is 0 Å².